The van der Waals surface area contributed by atoms with E-state index in [4.69, 9.17) is 9.63 Å². The van der Waals surface area contributed by atoms with Crippen LogP contribution in [-0.4, -0.2) is 28.3 Å². The van der Waals surface area contributed by atoms with Crippen LogP contribution in [0.3, 0.4) is 0 Å². The molecule has 0 spiro atoms. The van der Waals surface area contributed by atoms with E-state index < -0.39 is 0 Å². The minimum Gasteiger partial charge on any atom is -0.396 e. The molecule has 5 nitrogen and oxygen atoms in total. The molecule has 5 heteroatoms. The number of rotatable bonds is 8. The summed E-state index contributed by atoms with van der Waals surface area (Å²) in [6.45, 7) is 8.02. The number of amides is 1. The van der Waals surface area contributed by atoms with E-state index in [1.54, 1.807) is 0 Å². The van der Waals surface area contributed by atoms with E-state index in [1.165, 1.54) is 0 Å². The summed E-state index contributed by atoms with van der Waals surface area (Å²) in [5.41, 5.74) is 1.41. The van der Waals surface area contributed by atoms with Crippen molar-refractivity contribution < 1.29 is 14.4 Å². The molecule has 0 saturated heterocycles. The van der Waals surface area contributed by atoms with Gasteiger partial charge in [-0.25, -0.2) is 0 Å². The van der Waals surface area contributed by atoms with Gasteiger partial charge in [-0.15, -0.1) is 0 Å². The van der Waals surface area contributed by atoms with Gasteiger partial charge in [0.2, 0.25) is 5.91 Å². The molecule has 0 aliphatic carbocycles. The van der Waals surface area contributed by atoms with E-state index in [2.05, 4.69) is 10.5 Å². The van der Waals surface area contributed by atoms with Gasteiger partial charge >= 0.3 is 0 Å². The Morgan fingerprint density at radius 1 is 1.35 bits per heavy atom. The SMILES string of the molecule is CCc1noc(CC)c1CC(=O)NC(C)(CC)CCO. The van der Waals surface area contributed by atoms with Crippen LogP contribution in [-0.2, 0) is 24.1 Å². The van der Waals surface area contributed by atoms with Crippen LogP contribution >= 0.6 is 0 Å². The number of aliphatic hydroxyl groups excluding tert-OH is 1. The average Bonchev–Trinajstić information content (AvgIpc) is 2.80. The zero-order chi connectivity index (χ0) is 15.2. The zero-order valence-electron chi connectivity index (χ0n) is 13.0. The molecule has 0 bridgehead atoms. The molecule has 0 radical (unpaired) electrons. The van der Waals surface area contributed by atoms with Crippen LogP contribution in [0.15, 0.2) is 4.52 Å². The number of aryl methyl sites for hydroxylation is 2. The smallest absolute Gasteiger partial charge is 0.225 e. The monoisotopic (exact) mass is 282 g/mol. The molecule has 1 rings (SSSR count). The van der Waals surface area contributed by atoms with Crippen molar-refractivity contribution in [3.05, 3.63) is 17.0 Å². The fourth-order valence-corrected chi connectivity index (χ4v) is 2.25. The van der Waals surface area contributed by atoms with Gasteiger partial charge in [-0.3, -0.25) is 4.79 Å². The van der Waals surface area contributed by atoms with Gasteiger partial charge in [0, 0.05) is 24.1 Å². The summed E-state index contributed by atoms with van der Waals surface area (Å²) in [6.07, 6.45) is 3.12. The zero-order valence-corrected chi connectivity index (χ0v) is 13.0. The summed E-state index contributed by atoms with van der Waals surface area (Å²) in [5.74, 6) is 0.743. The lowest BCUT2D eigenvalue weighted by molar-refractivity contribution is -0.122. The molecule has 1 aromatic rings. The molecule has 2 N–H and O–H groups in total. The van der Waals surface area contributed by atoms with E-state index >= 15 is 0 Å². The Bertz CT molecular complexity index is 421. The Hall–Kier alpha value is -1.36. The van der Waals surface area contributed by atoms with Crippen molar-refractivity contribution in [1.29, 1.82) is 0 Å². The first kappa shape index (κ1) is 16.7. The highest BCUT2D eigenvalue weighted by atomic mass is 16.5. The minimum atomic E-state index is -0.359. The molecular weight excluding hydrogens is 256 g/mol. The third-order valence-electron chi connectivity index (χ3n) is 3.83. The number of nitrogens with one attached hydrogen (secondary N) is 1. The van der Waals surface area contributed by atoms with Gasteiger partial charge in [0.1, 0.15) is 5.76 Å². The molecular formula is C15H26N2O3. The second-order valence-electron chi connectivity index (χ2n) is 5.35. The molecule has 0 fully saturated rings. The molecule has 1 aromatic heterocycles. The fraction of sp³-hybridized carbons (Fsp3) is 0.733. The Morgan fingerprint density at radius 3 is 2.55 bits per heavy atom. The third kappa shape index (κ3) is 4.07. The summed E-state index contributed by atoms with van der Waals surface area (Å²) < 4.78 is 5.27. The quantitative estimate of drug-likeness (QED) is 0.765. The Labute approximate surface area is 120 Å². The second-order valence-corrected chi connectivity index (χ2v) is 5.35. The highest BCUT2D eigenvalue weighted by molar-refractivity contribution is 5.79. The summed E-state index contributed by atoms with van der Waals surface area (Å²) >= 11 is 0. The van der Waals surface area contributed by atoms with Crippen LogP contribution in [0.1, 0.15) is 57.6 Å². The number of nitrogens with zero attached hydrogens (tertiary/aromatic N) is 1. The molecule has 0 saturated carbocycles. The summed E-state index contributed by atoms with van der Waals surface area (Å²) in [7, 11) is 0. The number of carbonyl (C=O) groups is 1. The molecule has 1 atom stereocenters. The van der Waals surface area contributed by atoms with Gasteiger partial charge in [-0.05, 0) is 26.2 Å². The fourth-order valence-electron chi connectivity index (χ4n) is 2.25. The minimum absolute atomic E-state index is 0.0459. The van der Waals surface area contributed by atoms with Crippen molar-refractivity contribution in [1.82, 2.24) is 10.5 Å². The number of carbonyl (C=O) groups excluding carboxylic acids is 1. The highest BCUT2D eigenvalue weighted by Crippen LogP contribution is 2.18. The maximum Gasteiger partial charge on any atom is 0.225 e. The molecule has 1 heterocycles. The van der Waals surface area contributed by atoms with Crippen LogP contribution in [0, 0.1) is 0 Å². The van der Waals surface area contributed by atoms with Crippen molar-refractivity contribution in [3.63, 3.8) is 0 Å². The van der Waals surface area contributed by atoms with Gasteiger partial charge in [0.25, 0.3) is 0 Å². The summed E-state index contributed by atoms with van der Waals surface area (Å²) in [5, 5.41) is 16.1. The highest BCUT2D eigenvalue weighted by Gasteiger charge is 2.25. The number of hydrogen-bond acceptors (Lipinski definition) is 4. The standard InChI is InChI=1S/C15H26N2O3/c1-5-12-11(13(6-2)20-17-12)10-14(19)16-15(4,7-3)8-9-18/h18H,5-10H2,1-4H3,(H,16,19). The molecule has 20 heavy (non-hydrogen) atoms. The van der Waals surface area contributed by atoms with Crippen molar-refractivity contribution in [3.8, 4) is 0 Å². The summed E-state index contributed by atoms with van der Waals surface area (Å²) in [4.78, 5) is 12.2. The molecule has 114 valence electrons. The van der Waals surface area contributed by atoms with E-state index in [0.717, 1.165) is 36.3 Å². The van der Waals surface area contributed by atoms with E-state index in [-0.39, 0.29) is 24.5 Å². The first-order chi connectivity index (χ1) is 9.49. The lowest BCUT2D eigenvalue weighted by Crippen LogP contribution is -2.46. The Balaban J connectivity index is 2.78. The third-order valence-corrected chi connectivity index (χ3v) is 3.83. The van der Waals surface area contributed by atoms with Crippen LogP contribution in [0.5, 0.6) is 0 Å². The normalized spacial score (nSPS) is 14.1. The predicted octanol–water partition coefficient (Wildman–Crippen LogP) is 2.01. The average molecular weight is 282 g/mol. The molecule has 1 unspecified atom stereocenters. The van der Waals surface area contributed by atoms with Crippen LogP contribution in [0.25, 0.3) is 0 Å². The van der Waals surface area contributed by atoms with Crippen LogP contribution < -0.4 is 5.32 Å². The largest absolute Gasteiger partial charge is 0.396 e. The second kappa shape index (κ2) is 7.43. The molecule has 0 aromatic carbocycles. The first-order valence-corrected chi connectivity index (χ1v) is 7.37. The van der Waals surface area contributed by atoms with Crippen LogP contribution in [0.4, 0.5) is 0 Å². The molecule has 1 amide bonds. The van der Waals surface area contributed by atoms with Gasteiger partial charge in [0.05, 0.1) is 12.1 Å². The van der Waals surface area contributed by atoms with Gasteiger partial charge in [-0.1, -0.05) is 25.9 Å². The number of aliphatic hydroxyl groups is 1. The number of hydrogen-bond donors (Lipinski definition) is 2. The maximum atomic E-state index is 12.2. The lowest BCUT2D eigenvalue weighted by atomic mass is 9.94. The molecule has 0 aliphatic heterocycles. The predicted molar refractivity (Wildman–Crippen MR) is 77.5 cm³/mol. The summed E-state index contributed by atoms with van der Waals surface area (Å²) in [6, 6.07) is 0. The topological polar surface area (TPSA) is 75.4 Å². The molecule has 0 aliphatic rings. The van der Waals surface area contributed by atoms with E-state index in [0.29, 0.717) is 6.42 Å². The number of aromatic nitrogens is 1. The van der Waals surface area contributed by atoms with Crippen molar-refractivity contribution in [2.24, 2.45) is 0 Å². The Morgan fingerprint density at radius 2 is 2.05 bits per heavy atom. The van der Waals surface area contributed by atoms with Gasteiger partial charge in [-0.2, -0.15) is 0 Å². The van der Waals surface area contributed by atoms with E-state index in [1.807, 2.05) is 27.7 Å². The van der Waals surface area contributed by atoms with Gasteiger partial charge < -0.3 is 14.9 Å². The maximum absolute atomic E-state index is 12.2. The lowest BCUT2D eigenvalue weighted by Gasteiger charge is -2.29. The van der Waals surface area contributed by atoms with Crippen LogP contribution in [0.2, 0.25) is 0 Å². The van der Waals surface area contributed by atoms with Crippen molar-refractivity contribution >= 4 is 5.91 Å². The Kier molecular flexibility index (Phi) is 6.20. The van der Waals surface area contributed by atoms with Crippen molar-refractivity contribution in [2.75, 3.05) is 6.61 Å². The first-order valence-electron chi connectivity index (χ1n) is 7.37. The van der Waals surface area contributed by atoms with Gasteiger partial charge in [0.15, 0.2) is 0 Å². The van der Waals surface area contributed by atoms with E-state index in [9.17, 15) is 4.79 Å². The van der Waals surface area contributed by atoms with Crippen molar-refractivity contribution in [2.45, 2.75) is 65.3 Å².